The van der Waals surface area contributed by atoms with Crippen molar-refractivity contribution in [3.8, 4) is 29.0 Å². The average molecular weight is 511 g/mol. The van der Waals surface area contributed by atoms with Gasteiger partial charge in [-0.2, -0.15) is 5.26 Å². The van der Waals surface area contributed by atoms with Crippen molar-refractivity contribution < 1.29 is 28.2 Å². The fourth-order valence-corrected chi connectivity index (χ4v) is 3.86. The molecule has 1 fully saturated rings. The number of rotatable bonds is 8. The molecule has 4 rings (SSSR count). The molecule has 0 spiro atoms. The minimum absolute atomic E-state index is 0.174. The van der Waals surface area contributed by atoms with Gasteiger partial charge in [-0.05, 0) is 30.3 Å². The number of benzene rings is 1. The van der Waals surface area contributed by atoms with Gasteiger partial charge in [0.2, 0.25) is 11.8 Å². The molecule has 1 aromatic carbocycles. The van der Waals surface area contributed by atoms with Gasteiger partial charge in [0, 0.05) is 55.6 Å². The smallest absolute Gasteiger partial charge is 0.273 e. The highest BCUT2D eigenvalue weighted by atomic mass is 19.3. The van der Waals surface area contributed by atoms with Crippen LogP contribution in [-0.4, -0.2) is 69.7 Å². The molecule has 1 saturated heterocycles. The highest BCUT2D eigenvalue weighted by Gasteiger charge is 2.32. The van der Waals surface area contributed by atoms with Gasteiger partial charge in [-0.15, -0.1) is 0 Å². The molecule has 12 heteroatoms. The van der Waals surface area contributed by atoms with Crippen LogP contribution in [-0.2, 0) is 4.79 Å². The van der Waals surface area contributed by atoms with E-state index in [4.69, 9.17) is 9.47 Å². The Bertz CT molecular complexity index is 1290. The molecular formula is C25H24F2N6O4. The lowest BCUT2D eigenvalue weighted by atomic mass is 10.1. The molecule has 3 aromatic rings. The van der Waals surface area contributed by atoms with E-state index < -0.39 is 18.4 Å². The number of pyridine rings is 1. The van der Waals surface area contributed by atoms with Crippen molar-refractivity contribution in [2.75, 3.05) is 25.5 Å². The van der Waals surface area contributed by atoms with Crippen molar-refractivity contribution in [1.29, 1.82) is 5.26 Å². The summed E-state index contributed by atoms with van der Waals surface area (Å²) in [4.78, 5) is 25.9. The maximum Gasteiger partial charge on any atom is 0.273 e. The molecule has 2 N–H and O–H groups in total. The van der Waals surface area contributed by atoms with Gasteiger partial charge < -0.3 is 24.8 Å². The summed E-state index contributed by atoms with van der Waals surface area (Å²) in [6, 6.07) is 12.4. The summed E-state index contributed by atoms with van der Waals surface area (Å²) in [6.07, 6.45) is -1.79. The molecule has 3 heterocycles. The van der Waals surface area contributed by atoms with E-state index in [0.29, 0.717) is 52.9 Å². The van der Waals surface area contributed by atoms with Crippen LogP contribution in [0.2, 0.25) is 0 Å². The quantitative estimate of drug-likeness (QED) is 0.469. The van der Waals surface area contributed by atoms with E-state index in [0.717, 1.165) is 0 Å². The number of aliphatic hydroxyl groups excluding tert-OH is 1. The Morgan fingerprint density at radius 3 is 2.65 bits per heavy atom. The molecule has 192 valence electrons. The largest absolute Gasteiger partial charge is 0.489 e. The molecule has 0 bridgehead atoms. The van der Waals surface area contributed by atoms with Crippen molar-refractivity contribution >= 4 is 17.5 Å². The Hall–Kier alpha value is -4.37. The van der Waals surface area contributed by atoms with Crippen LogP contribution in [0, 0.1) is 11.3 Å². The molecule has 0 unspecified atom stereocenters. The van der Waals surface area contributed by atoms with Crippen LogP contribution in [0.15, 0.2) is 48.8 Å². The van der Waals surface area contributed by atoms with E-state index in [9.17, 15) is 23.9 Å². The van der Waals surface area contributed by atoms with Crippen LogP contribution in [0.4, 0.5) is 20.4 Å². The number of aromatic nitrogens is 3. The van der Waals surface area contributed by atoms with Crippen molar-refractivity contribution in [3.63, 3.8) is 0 Å². The molecule has 1 aliphatic rings. The zero-order valence-electron chi connectivity index (χ0n) is 19.8. The number of likely N-dealkylation sites (tertiary alicyclic amines) is 1. The monoisotopic (exact) mass is 510 g/mol. The molecule has 37 heavy (non-hydrogen) atoms. The number of carbonyl (C=O) groups is 1. The first kappa shape index (κ1) is 25.7. The number of nitrogens with one attached hydrogen (secondary N) is 1. The topological polar surface area (TPSA) is 133 Å². The molecule has 10 nitrogen and oxygen atoms in total. The summed E-state index contributed by atoms with van der Waals surface area (Å²) < 4.78 is 36.3. The van der Waals surface area contributed by atoms with Gasteiger partial charge in [-0.25, -0.2) is 23.7 Å². The van der Waals surface area contributed by atoms with E-state index >= 15 is 0 Å². The second-order valence-corrected chi connectivity index (χ2v) is 8.22. The van der Waals surface area contributed by atoms with E-state index in [1.54, 1.807) is 48.8 Å². The number of amides is 1. The van der Waals surface area contributed by atoms with Crippen LogP contribution in [0.5, 0.6) is 11.6 Å². The molecule has 1 atom stereocenters. The van der Waals surface area contributed by atoms with Crippen molar-refractivity contribution in [1.82, 2.24) is 19.9 Å². The van der Waals surface area contributed by atoms with Gasteiger partial charge >= 0.3 is 0 Å². The van der Waals surface area contributed by atoms with Crippen LogP contribution in [0.1, 0.15) is 18.4 Å². The first-order valence-corrected chi connectivity index (χ1v) is 11.4. The lowest BCUT2D eigenvalue weighted by molar-refractivity contribution is -0.150. The van der Waals surface area contributed by atoms with Gasteiger partial charge in [-0.1, -0.05) is 0 Å². The minimum Gasteiger partial charge on any atom is -0.489 e. The van der Waals surface area contributed by atoms with E-state index in [-0.39, 0.29) is 19.2 Å². The Morgan fingerprint density at radius 1 is 1.19 bits per heavy atom. The average Bonchev–Trinajstić information content (AvgIpc) is 2.93. The number of aliphatic hydroxyl groups is 1. The number of hydrogen-bond acceptors (Lipinski definition) is 9. The SMILES string of the molecule is COc1cc(Nc2nccc(-c3ccc(OC4CCN(C(=O)[C@@H](O)C(F)F)CC4)c(C#N)c3)n2)ccn1. The minimum atomic E-state index is -3.13. The molecule has 1 aliphatic heterocycles. The number of carbonyl (C=O) groups excluding carboxylic acids is 1. The Morgan fingerprint density at radius 2 is 1.95 bits per heavy atom. The summed E-state index contributed by atoms with van der Waals surface area (Å²) >= 11 is 0. The van der Waals surface area contributed by atoms with Gasteiger partial charge in [0.25, 0.3) is 12.3 Å². The number of ether oxygens (including phenoxy) is 2. The first-order chi connectivity index (χ1) is 17.9. The van der Waals surface area contributed by atoms with Crippen molar-refractivity contribution in [3.05, 3.63) is 54.4 Å². The zero-order valence-corrected chi connectivity index (χ0v) is 19.8. The number of methoxy groups -OCH3 is 1. The number of alkyl halides is 2. The van der Waals surface area contributed by atoms with Gasteiger partial charge in [-0.3, -0.25) is 4.79 Å². The number of nitriles is 1. The third-order valence-corrected chi connectivity index (χ3v) is 5.79. The second kappa shape index (κ2) is 11.6. The van der Waals surface area contributed by atoms with Crippen molar-refractivity contribution in [2.24, 2.45) is 0 Å². The lowest BCUT2D eigenvalue weighted by Gasteiger charge is -2.33. The number of halogens is 2. The number of hydrogen-bond donors (Lipinski definition) is 2. The highest BCUT2D eigenvalue weighted by molar-refractivity contribution is 5.81. The molecular weight excluding hydrogens is 486 g/mol. The molecule has 1 amide bonds. The fraction of sp³-hybridized carbons (Fsp3) is 0.320. The lowest BCUT2D eigenvalue weighted by Crippen LogP contribution is -2.47. The number of anilines is 2. The van der Waals surface area contributed by atoms with Crippen LogP contribution < -0.4 is 14.8 Å². The summed E-state index contributed by atoms with van der Waals surface area (Å²) in [7, 11) is 1.52. The van der Waals surface area contributed by atoms with Gasteiger partial charge in [0.15, 0.2) is 6.10 Å². The van der Waals surface area contributed by atoms with E-state index in [1.165, 1.54) is 12.0 Å². The fourth-order valence-electron chi connectivity index (χ4n) is 3.86. The van der Waals surface area contributed by atoms with Crippen molar-refractivity contribution in [2.45, 2.75) is 31.5 Å². The van der Waals surface area contributed by atoms with Gasteiger partial charge in [0.05, 0.1) is 18.4 Å². The maximum absolute atomic E-state index is 12.6. The third-order valence-electron chi connectivity index (χ3n) is 5.79. The normalized spacial score (nSPS) is 14.6. The van der Waals surface area contributed by atoms with E-state index in [1.807, 2.05) is 0 Å². The first-order valence-electron chi connectivity index (χ1n) is 11.4. The maximum atomic E-state index is 12.6. The Kier molecular flexibility index (Phi) is 8.05. The summed E-state index contributed by atoms with van der Waals surface area (Å²) in [5.41, 5.74) is 2.27. The summed E-state index contributed by atoms with van der Waals surface area (Å²) in [5.74, 6) is 0.179. The van der Waals surface area contributed by atoms with Gasteiger partial charge in [0.1, 0.15) is 17.9 Å². The van der Waals surface area contributed by atoms with E-state index in [2.05, 4.69) is 26.3 Å². The number of piperidine rings is 1. The molecule has 0 saturated carbocycles. The van der Waals surface area contributed by atoms with Crippen LogP contribution in [0.3, 0.4) is 0 Å². The number of nitrogens with zero attached hydrogens (tertiary/aromatic N) is 5. The third kappa shape index (κ3) is 6.25. The summed E-state index contributed by atoms with van der Waals surface area (Å²) in [5, 5.41) is 22.1. The molecule has 0 radical (unpaired) electrons. The Balaban J connectivity index is 1.43. The molecule has 2 aromatic heterocycles. The standard InChI is InChI=1S/C25H24F2N6O4/c1-36-21-13-17(4-8-29-21)31-25-30-9-5-19(32-25)15-2-3-20(16(12-15)14-28)37-18-6-10-33(11-7-18)24(35)22(34)23(26)27/h2-5,8-9,12-13,18,22-23,34H,6-7,10-11H2,1H3,(H,29,30,31,32)/t22-/m0/s1. The predicted octanol–water partition coefficient (Wildman–Crippen LogP) is 3.16. The predicted molar refractivity (Wildman–Crippen MR) is 128 cm³/mol. The second-order valence-electron chi connectivity index (χ2n) is 8.22. The Labute approximate surface area is 211 Å². The molecule has 0 aliphatic carbocycles. The zero-order chi connectivity index (χ0) is 26.4. The summed E-state index contributed by atoms with van der Waals surface area (Å²) in [6.45, 7) is 0.348. The van der Waals surface area contributed by atoms with Crippen LogP contribution in [0.25, 0.3) is 11.3 Å². The highest BCUT2D eigenvalue weighted by Crippen LogP contribution is 2.29. The van der Waals surface area contributed by atoms with Crippen LogP contribution >= 0.6 is 0 Å².